The highest BCUT2D eigenvalue weighted by molar-refractivity contribution is 6.21. The molecule has 1 aromatic carbocycles. The van der Waals surface area contributed by atoms with Crippen molar-refractivity contribution >= 4 is 11.6 Å². The summed E-state index contributed by atoms with van der Waals surface area (Å²) >= 11 is 4.80. The normalized spacial score (nSPS) is 13.4. The van der Waals surface area contributed by atoms with Crippen LogP contribution >= 0.6 is 11.6 Å². The van der Waals surface area contributed by atoms with Crippen molar-refractivity contribution in [2.75, 3.05) is 13.7 Å². The lowest BCUT2D eigenvalue weighted by atomic mass is 10.1. The number of hydrogen-bond acceptors (Lipinski definition) is 4. The van der Waals surface area contributed by atoms with Gasteiger partial charge in [-0.3, -0.25) is 0 Å². The van der Waals surface area contributed by atoms with E-state index < -0.39 is 24.0 Å². The Balaban J connectivity index is 2.34. The molecule has 5 nitrogen and oxygen atoms in total. The predicted octanol–water partition coefficient (Wildman–Crippen LogP) is 3.14. The Morgan fingerprint density at radius 1 is 1.50 bits per heavy atom. The van der Waals surface area contributed by atoms with E-state index >= 15 is 0 Å². The highest BCUT2D eigenvalue weighted by atomic mass is 35.5. The van der Waals surface area contributed by atoms with Gasteiger partial charge in [0.25, 0.3) is 0 Å². The molecule has 0 saturated heterocycles. The minimum atomic E-state index is -3.72. The van der Waals surface area contributed by atoms with Gasteiger partial charge in [-0.1, -0.05) is 23.4 Å². The molecule has 1 aromatic heterocycles. The van der Waals surface area contributed by atoms with E-state index in [1.165, 1.54) is 7.11 Å². The molecule has 1 heterocycles. The van der Waals surface area contributed by atoms with Crippen LogP contribution in [0.4, 0.5) is 8.78 Å². The number of nitrogens with zero attached hydrogens (tertiary/aromatic N) is 2. The summed E-state index contributed by atoms with van der Waals surface area (Å²) < 4.78 is 35.0. The number of methoxy groups -OCH3 is 1. The van der Waals surface area contributed by atoms with Crippen molar-refractivity contribution in [3.05, 3.63) is 35.7 Å². The first-order chi connectivity index (χ1) is 9.45. The molecule has 2 rings (SSSR count). The van der Waals surface area contributed by atoms with Gasteiger partial charge in [-0.2, -0.15) is 13.8 Å². The summed E-state index contributed by atoms with van der Waals surface area (Å²) in [5.74, 6) is -1.02. The van der Waals surface area contributed by atoms with Crippen LogP contribution in [0.1, 0.15) is 17.6 Å². The molecule has 0 fully saturated rings. The number of aromatic nitrogens is 2. The standard InChI is InChI=1S/C12H10ClF2N2O3/c1-19-9(6-18)7-3-2-4-8(5-7)10-16-11(20-17-10)12(13,14)15/h2-5,9H,6H2,1H3. The van der Waals surface area contributed by atoms with Crippen molar-refractivity contribution in [1.82, 2.24) is 10.1 Å². The zero-order chi connectivity index (χ0) is 14.8. The van der Waals surface area contributed by atoms with Crippen molar-refractivity contribution < 1.29 is 23.1 Å². The molecule has 8 heteroatoms. The van der Waals surface area contributed by atoms with Gasteiger partial charge in [-0.25, -0.2) is 5.11 Å². The highest BCUT2D eigenvalue weighted by Gasteiger charge is 2.35. The van der Waals surface area contributed by atoms with Gasteiger partial charge >= 0.3 is 11.3 Å². The maximum Gasteiger partial charge on any atom is 0.400 e. The predicted molar refractivity (Wildman–Crippen MR) is 64.8 cm³/mol. The monoisotopic (exact) mass is 303 g/mol. The van der Waals surface area contributed by atoms with Gasteiger partial charge in [-0.15, -0.1) is 0 Å². The van der Waals surface area contributed by atoms with Crippen LogP contribution in [0.25, 0.3) is 11.4 Å². The summed E-state index contributed by atoms with van der Waals surface area (Å²) in [5, 5.41) is 10.7. The Bertz CT molecular complexity index is 582. The smallest absolute Gasteiger partial charge is 0.374 e. The SMILES string of the molecule is COC(C[O])c1cccc(-c2noc(C(F)(F)Cl)n2)c1. The fourth-order valence-corrected chi connectivity index (χ4v) is 1.71. The van der Waals surface area contributed by atoms with Crippen LogP contribution in [0.15, 0.2) is 28.8 Å². The second kappa shape index (κ2) is 5.82. The summed E-state index contributed by atoms with van der Waals surface area (Å²) in [6.45, 7) is -0.461. The Morgan fingerprint density at radius 3 is 2.80 bits per heavy atom. The molecular formula is C12H10ClF2N2O3. The molecule has 0 amide bonds. The van der Waals surface area contributed by atoms with E-state index in [9.17, 15) is 13.9 Å². The lowest BCUT2D eigenvalue weighted by Gasteiger charge is -2.11. The van der Waals surface area contributed by atoms with E-state index in [4.69, 9.17) is 16.3 Å². The molecule has 2 aromatic rings. The lowest BCUT2D eigenvalue weighted by molar-refractivity contribution is 0.0194. The second-order valence-electron chi connectivity index (χ2n) is 3.94. The molecule has 0 spiro atoms. The minimum Gasteiger partial charge on any atom is -0.374 e. The van der Waals surface area contributed by atoms with Gasteiger partial charge in [-0.05, 0) is 23.2 Å². The van der Waals surface area contributed by atoms with Crippen molar-refractivity contribution in [1.29, 1.82) is 0 Å². The molecule has 1 unspecified atom stereocenters. The molecule has 0 aliphatic heterocycles. The maximum absolute atomic E-state index is 12.8. The van der Waals surface area contributed by atoms with Gasteiger partial charge in [0.2, 0.25) is 5.82 Å². The Morgan fingerprint density at radius 2 is 2.25 bits per heavy atom. The fraction of sp³-hybridized carbons (Fsp3) is 0.333. The average molecular weight is 304 g/mol. The van der Waals surface area contributed by atoms with Crippen LogP contribution in [0.2, 0.25) is 0 Å². The Kier molecular flexibility index (Phi) is 4.32. The summed E-state index contributed by atoms with van der Waals surface area (Å²) in [5.41, 5.74) is 1.03. The second-order valence-corrected chi connectivity index (χ2v) is 4.41. The van der Waals surface area contributed by atoms with Gasteiger partial charge in [0.05, 0.1) is 0 Å². The molecule has 107 valence electrons. The van der Waals surface area contributed by atoms with E-state index in [2.05, 4.69) is 14.7 Å². The van der Waals surface area contributed by atoms with E-state index in [1.807, 2.05) is 0 Å². The van der Waals surface area contributed by atoms with Crippen LogP contribution < -0.4 is 0 Å². The first-order valence-corrected chi connectivity index (χ1v) is 5.95. The average Bonchev–Trinajstić information content (AvgIpc) is 2.90. The highest BCUT2D eigenvalue weighted by Crippen LogP contribution is 2.32. The van der Waals surface area contributed by atoms with Gasteiger partial charge in [0.1, 0.15) is 12.7 Å². The topological polar surface area (TPSA) is 68.0 Å². The number of hydrogen-bond donors (Lipinski definition) is 0. The van der Waals surface area contributed by atoms with Crippen molar-refractivity contribution in [3.63, 3.8) is 0 Å². The van der Waals surface area contributed by atoms with Crippen LogP contribution in [-0.2, 0) is 15.2 Å². The van der Waals surface area contributed by atoms with Gasteiger partial charge in [0, 0.05) is 12.7 Å². The first-order valence-electron chi connectivity index (χ1n) is 5.58. The number of ether oxygens (including phenoxy) is 1. The molecule has 1 radical (unpaired) electrons. The molecule has 0 bridgehead atoms. The zero-order valence-corrected chi connectivity index (χ0v) is 11.1. The van der Waals surface area contributed by atoms with Crippen LogP contribution in [-0.4, -0.2) is 23.9 Å². The van der Waals surface area contributed by atoms with E-state index in [-0.39, 0.29) is 5.82 Å². The van der Waals surface area contributed by atoms with Crippen molar-refractivity contribution in [2.24, 2.45) is 0 Å². The summed E-state index contributed by atoms with van der Waals surface area (Å²) in [6.07, 6.45) is -0.629. The van der Waals surface area contributed by atoms with Crippen molar-refractivity contribution in [3.8, 4) is 11.4 Å². The number of alkyl halides is 3. The first kappa shape index (κ1) is 14.8. The number of rotatable bonds is 5. The van der Waals surface area contributed by atoms with E-state index in [0.717, 1.165) is 0 Å². The largest absolute Gasteiger partial charge is 0.400 e. The number of benzene rings is 1. The molecule has 0 aliphatic carbocycles. The lowest BCUT2D eigenvalue weighted by Crippen LogP contribution is -2.05. The minimum absolute atomic E-state index is 0.0390. The van der Waals surface area contributed by atoms with Crippen LogP contribution in [0, 0.1) is 0 Å². The Hall–Kier alpha value is -1.57. The fourth-order valence-electron chi connectivity index (χ4n) is 1.63. The molecule has 0 N–H and O–H groups in total. The van der Waals surface area contributed by atoms with E-state index in [1.54, 1.807) is 24.3 Å². The summed E-state index contributed by atoms with van der Waals surface area (Å²) in [6, 6.07) is 6.50. The zero-order valence-electron chi connectivity index (χ0n) is 10.3. The molecule has 0 saturated carbocycles. The summed E-state index contributed by atoms with van der Waals surface area (Å²) in [7, 11) is 1.41. The summed E-state index contributed by atoms with van der Waals surface area (Å²) in [4.78, 5) is 3.53. The molecule has 0 aliphatic rings. The quantitative estimate of drug-likeness (QED) is 0.796. The third-order valence-corrected chi connectivity index (χ3v) is 2.78. The maximum atomic E-state index is 12.8. The molecular weight excluding hydrogens is 294 g/mol. The Labute approximate surface area is 118 Å². The van der Waals surface area contributed by atoms with Crippen molar-refractivity contribution in [2.45, 2.75) is 11.5 Å². The van der Waals surface area contributed by atoms with Gasteiger partial charge in [0.15, 0.2) is 0 Å². The van der Waals surface area contributed by atoms with E-state index in [0.29, 0.717) is 11.1 Å². The van der Waals surface area contributed by atoms with Gasteiger partial charge < -0.3 is 9.26 Å². The third-order valence-electron chi connectivity index (χ3n) is 2.62. The van der Waals surface area contributed by atoms with Crippen LogP contribution in [0.3, 0.4) is 0 Å². The number of halogens is 3. The molecule has 1 atom stereocenters. The molecule has 20 heavy (non-hydrogen) atoms. The third kappa shape index (κ3) is 3.12. The van der Waals surface area contributed by atoms with Crippen LogP contribution in [0.5, 0.6) is 0 Å².